The third kappa shape index (κ3) is 4.50. The van der Waals surface area contributed by atoms with Crippen molar-refractivity contribution in [2.75, 3.05) is 6.54 Å². The molecule has 0 atom stereocenters. The van der Waals surface area contributed by atoms with Crippen LogP contribution in [0.2, 0.25) is 0 Å². The van der Waals surface area contributed by atoms with E-state index in [1.165, 1.54) is 0 Å². The topological polar surface area (TPSA) is 81.2 Å². The van der Waals surface area contributed by atoms with Crippen LogP contribution in [0.4, 0.5) is 0 Å². The molecule has 6 heteroatoms. The maximum Gasteiger partial charge on any atom is 0.270 e. The lowest BCUT2D eigenvalue weighted by Crippen LogP contribution is -2.31. The van der Waals surface area contributed by atoms with Gasteiger partial charge >= 0.3 is 0 Å². The Morgan fingerprint density at radius 2 is 1.63 bits per heavy atom. The smallest absolute Gasteiger partial charge is 0.270 e. The van der Waals surface area contributed by atoms with Crippen LogP contribution in [0, 0.1) is 0 Å². The van der Waals surface area contributed by atoms with Gasteiger partial charge < -0.3 is 10.1 Å². The number of hydrogen-bond acceptors (Lipinski definition) is 5. The van der Waals surface area contributed by atoms with Crippen molar-refractivity contribution in [2.45, 2.75) is 6.42 Å². The lowest BCUT2D eigenvalue weighted by molar-refractivity contribution is -0.117. The predicted octanol–water partition coefficient (Wildman–Crippen LogP) is 3.96. The van der Waals surface area contributed by atoms with Gasteiger partial charge in [0.05, 0.1) is 6.54 Å². The maximum atomic E-state index is 12.6. The van der Waals surface area contributed by atoms with E-state index in [4.69, 9.17) is 4.74 Å². The second-order valence-corrected chi connectivity index (χ2v) is 6.67. The molecule has 0 radical (unpaired) electrons. The van der Waals surface area contributed by atoms with E-state index in [0.717, 1.165) is 16.3 Å². The summed E-state index contributed by atoms with van der Waals surface area (Å²) in [6.07, 6.45) is 5.01. The van der Waals surface area contributed by atoms with Gasteiger partial charge in [-0.05, 0) is 29.7 Å². The van der Waals surface area contributed by atoms with Crippen LogP contribution in [0.3, 0.4) is 0 Å². The van der Waals surface area contributed by atoms with Crippen molar-refractivity contribution < 1.29 is 14.3 Å². The first-order chi connectivity index (χ1) is 14.7. The fourth-order valence-electron chi connectivity index (χ4n) is 3.12. The normalized spacial score (nSPS) is 10.5. The molecule has 0 aliphatic heterocycles. The molecule has 0 unspecified atom stereocenters. The highest BCUT2D eigenvalue weighted by atomic mass is 16.5. The minimum absolute atomic E-state index is 0.0900. The monoisotopic (exact) mass is 397 g/mol. The number of pyridine rings is 2. The molecule has 0 aliphatic rings. The third-order valence-corrected chi connectivity index (χ3v) is 4.57. The molecule has 0 fully saturated rings. The Balaban J connectivity index is 1.41. The number of carbonyl (C=O) groups is 2. The largest absolute Gasteiger partial charge is 0.457 e. The first kappa shape index (κ1) is 19.3. The van der Waals surface area contributed by atoms with Gasteiger partial charge in [0.25, 0.3) is 5.91 Å². The van der Waals surface area contributed by atoms with Crippen LogP contribution in [0.15, 0.2) is 85.3 Å². The summed E-state index contributed by atoms with van der Waals surface area (Å²) in [5.74, 6) is 0.732. The molecule has 4 rings (SSSR count). The van der Waals surface area contributed by atoms with E-state index in [0.29, 0.717) is 17.2 Å². The molecule has 0 spiro atoms. The Morgan fingerprint density at radius 3 is 2.50 bits per heavy atom. The van der Waals surface area contributed by atoms with Gasteiger partial charge in [-0.25, -0.2) is 0 Å². The van der Waals surface area contributed by atoms with Gasteiger partial charge in [-0.1, -0.05) is 42.5 Å². The number of para-hydroxylation sites is 1. The standard InChI is InChI=1S/C24H19N3O3/c28-19(15-18-6-2-4-8-22(18)30-20-10-12-25-13-11-20)16-27-24(29)23-21-7-3-1-5-17(21)9-14-26-23/h1-14H,15-16H2,(H,27,29). The van der Waals surface area contributed by atoms with Crippen molar-refractivity contribution in [3.8, 4) is 11.5 Å². The Hall–Kier alpha value is -4.06. The van der Waals surface area contributed by atoms with Gasteiger partial charge in [0.2, 0.25) is 0 Å². The Morgan fingerprint density at radius 1 is 0.867 bits per heavy atom. The van der Waals surface area contributed by atoms with E-state index in [-0.39, 0.29) is 24.7 Å². The molecule has 0 saturated heterocycles. The zero-order valence-corrected chi connectivity index (χ0v) is 16.1. The molecule has 2 aromatic carbocycles. The highest BCUT2D eigenvalue weighted by Gasteiger charge is 2.14. The number of fused-ring (bicyclic) bond motifs is 1. The number of aromatic nitrogens is 2. The SMILES string of the molecule is O=C(CNC(=O)c1nccc2ccccc12)Cc1ccccc1Oc1ccncc1. The molecule has 0 aliphatic carbocycles. The van der Waals surface area contributed by atoms with Gasteiger partial charge in [-0.15, -0.1) is 0 Å². The minimum Gasteiger partial charge on any atom is -0.457 e. The number of Topliss-reactive ketones (excluding diaryl/α,β-unsaturated/α-hetero) is 1. The lowest BCUT2D eigenvalue weighted by atomic mass is 10.1. The summed E-state index contributed by atoms with van der Waals surface area (Å²) in [5.41, 5.74) is 1.05. The maximum absolute atomic E-state index is 12.6. The number of benzene rings is 2. The van der Waals surface area contributed by atoms with E-state index in [1.807, 2.05) is 54.6 Å². The molecule has 1 N–H and O–H groups in total. The van der Waals surface area contributed by atoms with Crippen molar-refractivity contribution in [3.05, 3.63) is 96.6 Å². The Bertz CT molecular complexity index is 1190. The highest BCUT2D eigenvalue weighted by Crippen LogP contribution is 2.25. The summed E-state index contributed by atoms with van der Waals surface area (Å²) in [6, 6.07) is 20.2. The predicted molar refractivity (Wildman–Crippen MR) is 114 cm³/mol. The summed E-state index contributed by atoms with van der Waals surface area (Å²) in [5, 5.41) is 4.35. The quantitative estimate of drug-likeness (QED) is 0.510. The molecule has 0 saturated carbocycles. The Labute approximate surface area is 173 Å². The highest BCUT2D eigenvalue weighted by molar-refractivity contribution is 6.06. The van der Waals surface area contributed by atoms with Crippen LogP contribution < -0.4 is 10.1 Å². The van der Waals surface area contributed by atoms with Gasteiger partial charge in [-0.2, -0.15) is 0 Å². The van der Waals surface area contributed by atoms with Gasteiger partial charge in [0.1, 0.15) is 17.2 Å². The number of carbonyl (C=O) groups excluding carboxylic acids is 2. The number of ether oxygens (including phenoxy) is 1. The second-order valence-electron chi connectivity index (χ2n) is 6.67. The molecule has 30 heavy (non-hydrogen) atoms. The molecule has 148 valence electrons. The van der Waals surface area contributed by atoms with Crippen molar-refractivity contribution in [3.63, 3.8) is 0 Å². The van der Waals surface area contributed by atoms with Crippen LogP contribution in [0.5, 0.6) is 11.5 Å². The summed E-state index contributed by atoms with van der Waals surface area (Å²) in [4.78, 5) is 33.2. The Kier molecular flexibility index (Phi) is 5.75. The average Bonchev–Trinajstić information content (AvgIpc) is 2.79. The average molecular weight is 397 g/mol. The van der Waals surface area contributed by atoms with Crippen molar-refractivity contribution in [1.29, 1.82) is 0 Å². The zero-order valence-electron chi connectivity index (χ0n) is 16.1. The molecular weight excluding hydrogens is 378 g/mol. The first-order valence-electron chi connectivity index (χ1n) is 9.50. The van der Waals surface area contributed by atoms with Crippen LogP contribution in [-0.2, 0) is 11.2 Å². The van der Waals surface area contributed by atoms with E-state index >= 15 is 0 Å². The zero-order chi connectivity index (χ0) is 20.8. The lowest BCUT2D eigenvalue weighted by Gasteiger charge is -2.11. The molecule has 6 nitrogen and oxygen atoms in total. The number of amides is 1. The molecule has 0 bridgehead atoms. The van der Waals surface area contributed by atoms with E-state index < -0.39 is 0 Å². The fourth-order valence-corrected chi connectivity index (χ4v) is 3.12. The number of hydrogen-bond donors (Lipinski definition) is 1. The van der Waals surface area contributed by atoms with Crippen molar-refractivity contribution in [2.24, 2.45) is 0 Å². The van der Waals surface area contributed by atoms with Gasteiger partial charge in [0.15, 0.2) is 5.78 Å². The van der Waals surface area contributed by atoms with E-state index in [9.17, 15) is 9.59 Å². The summed E-state index contributed by atoms with van der Waals surface area (Å²) >= 11 is 0. The molecular formula is C24H19N3O3. The van der Waals surface area contributed by atoms with Crippen LogP contribution in [-0.4, -0.2) is 28.2 Å². The number of nitrogens with one attached hydrogen (secondary N) is 1. The number of nitrogens with zero attached hydrogens (tertiary/aromatic N) is 2. The first-order valence-corrected chi connectivity index (χ1v) is 9.50. The summed E-state index contributed by atoms with van der Waals surface area (Å²) in [7, 11) is 0. The third-order valence-electron chi connectivity index (χ3n) is 4.57. The summed E-state index contributed by atoms with van der Waals surface area (Å²) < 4.78 is 5.86. The molecule has 4 aromatic rings. The molecule has 2 aromatic heterocycles. The second kappa shape index (κ2) is 8.96. The van der Waals surface area contributed by atoms with Crippen molar-refractivity contribution >= 4 is 22.5 Å². The molecule has 2 heterocycles. The van der Waals surface area contributed by atoms with Gasteiger partial charge in [-0.3, -0.25) is 19.6 Å². The van der Waals surface area contributed by atoms with Crippen LogP contribution in [0.25, 0.3) is 10.8 Å². The molecule has 1 amide bonds. The van der Waals surface area contributed by atoms with E-state index in [1.54, 1.807) is 30.7 Å². The summed E-state index contributed by atoms with van der Waals surface area (Å²) in [6.45, 7) is -0.0900. The fraction of sp³-hybridized carbons (Fsp3) is 0.0833. The minimum atomic E-state index is -0.374. The number of rotatable bonds is 7. The van der Waals surface area contributed by atoms with Gasteiger partial charge in [0, 0.05) is 36.0 Å². The van der Waals surface area contributed by atoms with Crippen molar-refractivity contribution in [1.82, 2.24) is 15.3 Å². The van der Waals surface area contributed by atoms with E-state index in [2.05, 4.69) is 15.3 Å². The van der Waals surface area contributed by atoms with Crippen LogP contribution in [0.1, 0.15) is 16.1 Å². The van der Waals surface area contributed by atoms with Crippen LogP contribution >= 0.6 is 0 Å². The number of ketones is 1.